The van der Waals surface area contributed by atoms with E-state index in [-0.39, 0.29) is 17.8 Å². The zero-order valence-electron chi connectivity index (χ0n) is 24.3. The Morgan fingerprint density at radius 1 is 0.744 bits per heavy atom. The molecule has 5 heteroatoms. The summed E-state index contributed by atoms with van der Waals surface area (Å²) in [6.07, 6.45) is 2.27. The van der Waals surface area contributed by atoms with Crippen LogP contribution in [-0.4, -0.2) is 6.71 Å². The molecular weight excluding hydrogens is 551 g/mol. The van der Waals surface area contributed by atoms with E-state index in [0.717, 1.165) is 55.7 Å². The Morgan fingerprint density at radius 2 is 1.49 bits per heavy atom. The summed E-state index contributed by atoms with van der Waals surface area (Å²) in [7, 11) is 0. The maximum Gasteiger partial charge on any atom is 0.260 e. The normalized spacial score (nSPS) is 15.5. The molecule has 0 unspecified atom stereocenters. The fourth-order valence-corrected chi connectivity index (χ4v) is 9.11. The van der Waals surface area contributed by atoms with Gasteiger partial charge in [0.05, 0.1) is 5.69 Å². The third kappa shape index (κ3) is 3.37. The van der Waals surface area contributed by atoms with E-state index < -0.39 is 11.6 Å². The van der Waals surface area contributed by atoms with Gasteiger partial charge in [0.25, 0.3) is 6.71 Å². The molecule has 1 nitrogen and oxygen atoms in total. The van der Waals surface area contributed by atoms with E-state index in [4.69, 9.17) is 0 Å². The van der Waals surface area contributed by atoms with Crippen LogP contribution in [0, 0.1) is 18.6 Å². The SMILES string of the molecule is Cc1cc2c3c(c1)C(C)(C)c1ccccc1B3c1sc3ccc(-c4ccc5c(c4)CC5)cc3c1N2c1c(F)cccc1F. The number of aryl methyl sites for hydroxylation is 3. The van der Waals surface area contributed by atoms with Crippen molar-refractivity contribution in [2.45, 2.75) is 39.0 Å². The molecule has 43 heavy (non-hydrogen) atoms. The number of rotatable bonds is 2. The van der Waals surface area contributed by atoms with Crippen LogP contribution in [-0.2, 0) is 18.3 Å². The molecule has 0 amide bonds. The Hall–Kier alpha value is -4.22. The number of benzene rings is 5. The lowest BCUT2D eigenvalue weighted by Gasteiger charge is -2.44. The summed E-state index contributed by atoms with van der Waals surface area (Å²) in [5, 5.41) is 1.03. The first kappa shape index (κ1) is 25.3. The molecule has 0 bridgehead atoms. The van der Waals surface area contributed by atoms with Gasteiger partial charge in [-0.1, -0.05) is 80.0 Å². The molecule has 1 aliphatic carbocycles. The molecule has 0 saturated carbocycles. The smallest absolute Gasteiger partial charge is 0.260 e. The maximum absolute atomic E-state index is 15.9. The predicted octanol–water partition coefficient (Wildman–Crippen LogP) is 8.19. The second kappa shape index (κ2) is 8.67. The third-order valence-corrected chi connectivity index (χ3v) is 11.2. The van der Waals surface area contributed by atoms with Gasteiger partial charge < -0.3 is 4.90 Å². The van der Waals surface area contributed by atoms with E-state index in [0.29, 0.717) is 0 Å². The summed E-state index contributed by atoms with van der Waals surface area (Å²) in [4.78, 5) is 1.90. The van der Waals surface area contributed by atoms with Crippen molar-refractivity contribution < 1.29 is 8.78 Å². The molecule has 6 aromatic rings. The summed E-state index contributed by atoms with van der Waals surface area (Å²) in [6.45, 7) is 6.61. The van der Waals surface area contributed by atoms with Gasteiger partial charge >= 0.3 is 0 Å². The van der Waals surface area contributed by atoms with E-state index in [1.165, 1.54) is 51.5 Å². The van der Waals surface area contributed by atoms with Crippen LogP contribution in [0.4, 0.5) is 25.8 Å². The van der Waals surface area contributed by atoms with Crippen LogP contribution in [0.25, 0.3) is 21.2 Å². The van der Waals surface area contributed by atoms with E-state index in [9.17, 15) is 0 Å². The highest BCUT2D eigenvalue weighted by Crippen LogP contribution is 2.48. The van der Waals surface area contributed by atoms with E-state index in [2.05, 4.69) is 93.6 Å². The Kier molecular flexibility index (Phi) is 5.10. The highest BCUT2D eigenvalue weighted by atomic mass is 32.1. The monoisotopic (exact) mass is 579 g/mol. The molecular formula is C38H28BF2NS. The summed E-state index contributed by atoms with van der Waals surface area (Å²) < 4.78 is 34.0. The molecule has 0 atom stereocenters. The molecule has 208 valence electrons. The molecule has 0 N–H and O–H groups in total. The number of para-hydroxylation sites is 1. The summed E-state index contributed by atoms with van der Waals surface area (Å²) >= 11 is 1.75. The van der Waals surface area contributed by atoms with Crippen molar-refractivity contribution in [3.05, 3.63) is 130 Å². The third-order valence-electron chi connectivity index (χ3n) is 9.99. The average molecular weight is 580 g/mol. The van der Waals surface area contributed by atoms with E-state index >= 15 is 8.78 Å². The van der Waals surface area contributed by atoms with Gasteiger partial charge in [0.1, 0.15) is 17.3 Å². The molecule has 0 saturated heterocycles. The van der Waals surface area contributed by atoms with Gasteiger partial charge in [0, 0.05) is 26.0 Å². The van der Waals surface area contributed by atoms with Gasteiger partial charge in [-0.2, -0.15) is 0 Å². The highest BCUT2D eigenvalue weighted by Gasteiger charge is 2.48. The summed E-state index contributed by atoms with van der Waals surface area (Å²) in [5.41, 5.74) is 12.7. The minimum atomic E-state index is -0.562. The molecule has 0 radical (unpaired) electrons. The van der Waals surface area contributed by atoms with Gasteiger partial charge in [-0.25, -0.2) is 8.78 Å². The number of anilines is 3. The zero-order valence-corrected chi connectivity index (χ0v) is 25.1. The first-order chi connectivity index (χ1) is 20.8. The zero-order chi connectivity index (χ0) is 29.2. The molecule has 3 heterocycles. The van der Waals surface area contributed by atoms with Crippen LogP contribution in [0.3, 0.4) is 0 Å². The Bertz CT molecular complexity index is 2160. The van der Waals surface area contributed by atoms with Gasteiger partial charge in [0.15, 0.2) is 0 Å². The first-order valence-corrected chi connectivity index (χ1v) is 15.8. The molecule has 2 aliphatic heterocycles. The average Bonchev–Trinajstić information content (AvgIpc) is 3.35. The van der Waals surface area contributed by atoms with Crippen LogP contribution >= 0.6 is 11.3 Å². The molecule has 3 aliphatic rings. The summed E-state index contributed by atoms with van der Waals surface area (Å²) in [5.74, 6) is -1.12. The lowest BCUT2D eigenvalue weighted by Crippen LogP contribution is -2.63. The fourth-order valence-electron chi connectivity index (χ4n) is 7.81. The van der Waals surface area contributed by atoms with Crippen molar-refractivity contribution in [3.8, 4) is 11.1 Å². The second-order valence-corrected chi connectivity index (χ2v) is 13.9. The van der Waals surface area contributed by atoms with Gasteiger partial charge in [-0.05, 0) is 94.5 Å². The van der Waals surface area contributed by atoms with E-state index in [1.54, 1.807) is 11.3 Å². The molecule has 0 spiro atoms. The molecule has 1 aromatic heterocycles. The number of thiophene rings is 1. The van der Waals surface area contributed by atoms with Crippen molar-refractivity contribution in [3.63, 3.8) is 0 Å². The van der Waals surface area contributed by atoms with Crippen LogP contribution < -0.4 is 20.6 Å². The van der Waals surface area contributed by atoms with Crippen molar-refractivity contribution in [2.24, 2.45) is 0 Å². The van der Waals surface area contributed by atoms with Gasteiger partial charge in [0.2, 0.25) is 0 Å². The molecule has 5 aromatic carbocycles. The number of halogens is 2. The van der Waals surface area contributed by atoms with Gasteiger partial charge in [-0.15, -0.1) is 11.3 Å². The number of fused-ring (bicyclic) bond motifs is 7. The van der Waals surface area contributed by atoms with Gasteiger partial charge in [-0.3, -0.25) is 0 Å². The summed E-state index contributed by atoms with van der Waals surface area (Å²) in [6, 6.07) is 30.7. The Labute approximate surface area is 254 Å². The Balaban J connectivity index is 1.40. The van der Waals surface area contributed by atoms with Crippen LogP contribution in [0.15, 0.2) is 91.0 Å². The molecule has 9 rings (SSSR count). The van der Waals surface area contributed by atoms with Crippen LogP contribution in [0.1, 0.15) is 41.7 Å². The van der Waals surface area contributed by atoms with E-state index in [1.807, 2.05) is 4.90 Å². The lowest BCUT2D eigenvalue weighted by molar-refractivity contribution is 0.586. The van der Waals surface area contributed by atoms with Crippen molar-refractivity contribution >= 4 is 60.9 Å². The van der Waals surface area contributed by atoms with Crippen LogP contribution in [0.2, 0.25) is 0 Å². The topological polar surface area (TPSA) is 3.24 Å². The molecule has 0 fully saturated rings. The maximum atomic E-state index is 15.9. The van der Waals surface area contributed by atoms with Crippen molar-refractivity contribution in [2.75, 3.05) is 4.90 Å². The largest absolute Gasteiger partial charge is 0.305 e. The standard InChI is InChI=1S/C38H28BF2NS/c1-21-17-28-34-32(18-21)42(36-30(40)9-6-10-31(36)41)35-26-20-25(24-14-12-22-11-13-23(22)19-24)15-16-33(26)43-37(35)39(34)29-8-5-4-7-27(29)38(28,2)3/h4-10,12,14-20H,11,13H2,1-3H3. The number of hydrogen-bond donors (Lipinski definition) is 0. The Morgan fingerprint density at radius 3 is 2.26 bits per heavy atom. The number of nitrogens with zero attached hydrogens (tertiary/aromatic N) is 1. The quantitative estimate of drug-likeness (QED) is 0.187. The minimum absolute atomic E-state index is 0.0159. The fraction of sp³-hybridized carbons (Fsp3) is 0.158. The van der Waals surface area contributed by atoms with Crippen molar-refractivity contribution in [1.29, 1.82) is 0 Å². The predicted molar refractivity (Wildman–Crippen MR) is 177 cm³/mol. The first-order valence-electron chi connectivity index (χ1n) is 15.0. The second-order valence-electron chi connectivity index (χ2n) is 12.8. The van der Waals surface area contributed by atoms with Crippen LogP contribution in [0.5, 0.6) is 0 Å². The lowest BCUT2D eigenvalue weighted by atomic mass is 9.32. The van der Waals surface area contributed by atoms with Crippen molar-refractivity contribution in [1.82, 2.24) is 0 Å². The minimum Gasteiger partial charge on any atom is -0.305 e. The number of hydrogen-bond acceptors (Lipinski definition) is 2. The highest BCUT2D eigenvalue weighted by molar-refractivity contribution is 7.33.